The van der Waals surface area contributed by atoms with Gasteiger partial charge in [0.15, 0.2) is 5.13 Å². The summed E-state index contributed by atoms with van der Waals surface area (Å²) in [5.41, 5.74) is 2.32. The molecule has 4 nitrogen and oxygen atoms in total. The van der Waals surface area contributed by atoms with Crippen molar-refractivity contribution in [2.75, 3.05) is 12.4 Å². The predicted octanol–water partition coefficient (Wildman–Crippen LogP) is 2.15. The van der Waals surface area contributed by atoms with Crippen molar-refractivity contribution in [3.05, 3.63) is 18.1 Å². The van der Waals surface area contributed by atoms with E-state index >= 15 is 0 Å². The van der Waals surface area contributed by atoms with E-state index in [9.17, 15) is 0 Å². The molecule has 2 aromatic rings. The fourth-order valence-electron chi connectivity index (χ4n) is 1.52. The molecular formula is C10H14N4S. The van der Waals surface area contributed by atoms with Crippen LogP contribution in [0.4, 0.5) is 5.13 Å². The molecule has 0 aliphatic rings. The average Bonchev–Trinajstić information content (AvgIpc) is 2.82. The van der Waals surface area contributed by atoms with Gasteiger partial charge in [-0.1, -0.05) is 18.3 Å². The number of hydrogen-bond acceptors (Lipinski definition) is 4. The monoisotopic (exact) mass is 222 g/mol. The van der Waals surface area contributed by atoms with E-state index in [0.29, 0.717) is 0 Å². The molecule has 2 rings (SSSR count). The second-order valence-electron chi connectivity index (χ2n) is 3.30. The summed E-state index contributed by atoms with van der Waals surface area (Å²) in [6.45, 7) is 2.12. The Morgan fingerprint density at radius 1 is 1.53 bits per heavy atom. The van der Waals surface area contributed by atoms with Gasteiger partial charge in [0.2, 0.25) is 0 Å². The first-order valence-corrected chi connectivity index (χ1v) is 5.72. The van der Waals surface area contributed by atoms with Gasteiger partial charge in [-0.2, -0.15) is 5.10 Å². The van der Waals surface area contributed by atoms with Crippen LogP contribution in [-0.2, 0) is 13.5 Å². The summed E-state index contributed by atoms with van der Waals surface area (Å²) in [6.07, 6.45) is 4.89. The van der Waals surface area contributed by atoms with Crippen molar-refractivity contribution in [2.45, 2.75) is 13.3 Å². The Hall–Kier alpha value is -1.36. The Balaban J connectivity index is 2.43. The number of anilines is 1. The Kier molecular flexibility index (Phi) is 2.73. The fourth-order valence-corrected chi connectivity index (χ4v) is 2.32. The molecule has 0 aromatic carbocycles. The van der Waals surface area contributed by atoms with Gasteiger partial charge in [-0.25, -0.2) is 4.98 Å². The third-order valence-electron chi connectivity index (χ3n) is 2.23. The van der Waals surface area contributed by atoms with Crippen LogP contribution < -0.4 is 5.32 Å². The van der Waals surface area contributed by atoms with Crippen LogP contribution in [0, 0.1) is 0 Å². The highest BCUT2D eigenvalue weighted by Gasteiger charge is 2.10. The van der Waals surface area contributed by atoms with Crippen molar-refractivity contribution in [3.63, 3.8) is 0 Å². The van der Waals surface area contributed by atoms with Crippen LogP contribution in [0.1, 0.15) is 12.6 Å². The standard InChI is InChI=1S/C10H14N4S/c1-4-8-7(6-14(3)13-8)9-5-12-10(11-2)15-9/h5-6H,4H2,1-3H3,(H,11,12). The first kappa shape index (κ1) is 10.2. The summed E-state index contributed by atoms with van der Waals surface area (Å²) in [6, 6.07) is 0. The van der Waals surface area contributed by atoms with Crippen molar-refractivity contribution in [3.8, 4) is 10.4 Å². The Morgan fingerprint density at radius 2 is 2.33 bits per heavy atom. The minimum Gasteiger partial charge on any atom is -0.365 e. The lowest BCUT2D eigenvalue weighted by molar-refractivity contribution is 0.746. The molecule has 0 radical (unpaired) electrons. The van der Waals surface area contributed by atoms with E-state index in [1.165, 1.54) is 10.4 Å². The SMILES string of the molecule is CCc1nn(C)cc1-c1cnc(NC)s1. The number of hydrogen-bond donors (Lipinski definition) is 1. The van der Waals surface area contributed by atoms with Gasteiger partial charge in [-0.15, -0.1) is 0 Å². The molecule has 0 fully saturated rings. The molecule has 0 aliphatic carbocycles. The lowest BCUT2D eigenvalue weighted by Gasteiger charge is -1.93. The van der Waals surface area contributed by atoms with E-state index in [2.05, 4.69) is 22.3 Å². The van der Waals surface area contributed by atoms with E-state index in [1.54, 1.807) is 11.3 Å². The van der Waals surface area contributed by atoms with Gasteiger partial charge in [-0.3, -0.25) is 4.68 Å². The van der Waals surface area contributed by atoms with Crippen LogP contribution in [0.3, 0.4) is 0 Å². The van der Waals surface area contributed by atoms with Crippen molar-refractivity contribution in [2.24, 2.45) is 7.05 Å². The summed E-state index contributed by atoms with van der Waals surface area (Å²) >= 11 is 1.65. The van der Waals surface area contributed by atoms with E-state index in [-0.39, 0.29) is 0 Å². The summed E-state index contributed by atoms with van der Waals surface area (Å²) in [5.74, 6) is 0. The summed E-state index contributed by atoms with van der Waals surface area (Å²) in [5, 5.41) is 8.40. The molecule has 0 amide bonds. The second-order valence-corrected chi connectivity index (χ2v) is 4.33. The maximum Gasteiger partial charge on any atom is 0.182 e. The molecule has 80 valence electrons. The van der Waals surface area contributed by atoms with Gasteiger partial charge in [0.25, 0.3) is 0 Å². The van der Waals surface area contributed by atoms with E-state index in [0.717, 1.165) is 17.2 Å². The zero-order chi connectivity index (χ0) is 10.8. The van der Waals surface area contributed by atoms with Crippen molar-refractivity contribution >= 4 is 16.5 Å². The Bertz CT molecular complexity index is 458. The first-order chi connectivity index (χ1) is 7.24. The minimum absolute atomic E-state index is 0.941. The largest absolute Gasteiger partial charge is 0.365 e. The van der Waals surface area contributed by atoms with E-state index in [1.807, 2.05) is 31.2 Å². The molecule has 15 heavy (non-hydrogen) atoms. The minimum atomic E-state index is 0.941. The number of thiazole rings is 1. The highest BCUT2D eigenvalue weighted by atomic mass is 32.1. The smallest absolute Gasteiger partial charge is 0.182 e. The van der Waals surface area contributed by atoms with Gasteiger partial charge in [0.1, 0.15) is 0 Å². The van der Waals surface area contributed by atoms with Crippen molar-refractivity contribution in [1.82, 2.24) is 14.8 Å². The Morgan fingerprint density at radius 3 is 2.93 bits per heavy atom. The first-order valence-electron chi connectivity index (χ1n) is 4.91. The number of nitrogens with zero attached hydrogens (tertiary/aromatic N) is 3. The van der Waals surface area contributed by atoms with Crippen LogP contribution in [-0.4, -0.2) is 21.8 Å². The molecule has 0 unspecified atom stereocenters. The van der Waals surface area contributed by atoms with Gasteiger partial charge < -0.3 is 5.32 Å². The summed E-state index contributed by atoms with van der Waals surface area (Å²) < 4.78 is 1.85. The summed E-state index contributed by atoms with van der Waals surface area (Å²) in [4.78, 5) is 5.44. The molecule has 0 saturated heterocycles. The lowest BCUT2D eigenvalue weighted by atomic mass is 10.2. The molecule has 0 aliphatic heterocycles. The van der Waals surface area contributed by atoms with Crippen LogP contribution >= 0.6 is 11.3 Å². The van der Waals surface area contributed by atoms with Crippen molar-refractivity contribution < 1.29 is 0 Å². The second kappa shape index (κ2) is 4.02. The highest BCUT2D eigenvalue weighted by molar-refractivity contribution is 7.18. The molecule has 0 saturated carbocycles. The van der Waals surface area contributed by atoms with E-state index < -0.39 is 0 Å². The van der Waals surface area contributed by atoms with Crippen LogP contribution in [0.5, 0.6) is 0 Å². The average molecular weight is 222 g/mol. The normalized spacial score (nSPS) is 10.6. The fraction of sp³-hybridized carbons (Fsp3) is 0.400. The number of nitrogens with one attached hydrogen (secondary N) is 1. The molecule has 0 atom stereocenters. The molecule has 2 aromatic heterocycles. The third-order valence-corrected chi connectivity index (χ3v) is 3.27. The van der Waals surface area contributed by atoms with Crippen molar-refractivity contribution in [1.29, 1.82) is 0 Å². The number of rotatable bonds is 3. The number of aromatic nitrogens is 3. The van der Waals surface area contributed by atoms with Crippen LogP contribution in [0.25, 0.3) is 10.4 Å². The van der Waals surface area contributed by atoms with Crippen LogP contribution in [0.2, 0.25) is 0 Å². The zero-order valence-corrected chi connectivity index (χ0v) is 9.93. The number of aryl methyl sites for hydroxylation is 2. The van der Waals surface area contributed by atoms with Crippen LogP contribution in [0.15, 0.2) is 12.4 Å². The highest BCUT2D eigenvalue weighted by Crippen LogP contribution is 2.30. The maximum atomic E-state index is 4.42. The molecule has 0 bridgehead atoms. The topological polar surface area (TPSA) is 42.7 Å². The predicted molar refractivity (Wildman–Crippen MR) is 63.2 cm³/mol. The van der Waals surface area contributed by atoms with Gasteiger partial charge in [-0.05, 0) is 6.42 Å². The zero-order valence-electron chi connectivity index (χ0n) is 9.11. The Labute approximate surface area is 93.0 Å². The third kappa shape index (κ3) is 1.87. The quantitative estimate of drug-likeness (QED) is 0.865. The van der Waals surface area contributed by atoms with Gasteiger partial charge in [0.05, 0.1) is 10.6 Å². The molecular weight excluding hydrogens is 208 g/mol. The van der Waals surface area contributed by atoms with Gasteiger partial charge >= 0.3 is 0 Å². The molecule has 0 spiro atoms. The summed E-state index contributed by atoms with van der Waals surface area (Å²) in [7, 11) is 3.83. The van der Waals surface area contributed by atoms with Gasteiger partial charge in [0, 0.05) is 32.1 Å². The molecule has 5 heteroatoms. The molecule has 1 N–H and O–H groups in total. The molecule has 2 heterocycles. The lowest BCUT2D eigenvalue weighted by Crippen LogP contribution is -1.88. The van der Waals surface area contributed by atoms with E-state index in [4.69, 9.17) is 0 Å². The maximum absolute atomic E-state index is 4.42.